The molecule has 1 atom stereocenters. The largest absolute Gasteiger partial charge is 0.325 e. The first kappa shape index (κ1) is 18.7. The third-order valence-corrected chi connectivity index (χ3v) is 4.15. The number of piperazine rings is 1. The van der Waals surface area contributed by atoms with Gasteiger partial charge in [-0.2, -0.15) is 0 Å². The molecule has 0 spiro atoms. The van der Waals surface area contributed by atoms with E-state index in [0.29, 0.717) is 11.6 Å². The summed E-state index contributed by atoms with van der Waals surface area (Å²) in [6.45, 7) is 2.88. The molecule has 1 amide bonds. The van der Waals surface area contributed by atoms with Gasteiger partial charge in [-0.3, -0.25) is 14.7 Å². The second kappa shape index (κ2) is 8.99. The minimum Gasteiger partial charge on any atom is -0.325 e. The number of benzene rings is 1. The molecule has 1 aliphatic rings. The molecule has 0 aliphatic carbocycles. The van der Waals surface area contributed by atoms with Gasteiger partial charge in [0.1, 0.15) is 0 Å². The van der Waals surface area contributed by atoms with E-state index in [1.807, 2.05) is 12.3 Å². The van der Waals surface area contributed by atoms with Crippen LogP contribution >= 0.6 is 24.0 Å². The molecule has 2 aromatic rings. The van der Waals surface area contributed by atoms with Gasteiger partial charge in [0.2, 0.25) is 5.91 Å². The average molecular weight is 367 g/mol. The number of hydrogen-bond acceptors (Lipinski definition) is 4. The number of carbonyl (C=O) groups excluding carboxylic acids is 1. The Morgan fingerprint density at radius 3 is 2.83 bits per heavy atom. The predicted molar refractivity (Wildman–Crippen MR) is 98.8 cm³/mol. The molecule has 5 nitrogen and oxygen atoms in total. The zero-order valence-electron chi connectivity index (χ0n) is 13.1. The van der Waals surface area contributed by atoms with Crippen LogP contribution in [0.2, 0.25) is 5.02 Å². The van der Waals surface area contributed by atoms with E-state index in [2.05, 4.69) is 26.6 Å². The molecular weight excluding hydrogens is 347 g/mol. The number of hydrogen-bond donors (Lipinski definition) is 2. The average Bonchev–Trinajstić information content (AvgIpc) is 2.58. The first-order valence-corrected chi connectivity index (χ1v) is 8.00. The Bertz CT molecular complexity index is 651. The lowest BCUT2D eigenvalue weighted by Gasteiger charge is -2.35. The molecule has 24 heavy (non-hydrogen) atoms. The fraction of sp³-hybridized carbons (Fsp3) is 0.294. The molecule has 128 valence electrons. The van der Waals surface area contributed by atoms with Crippen molar-refractivity contribution >= 4 is 35.6 Å². The number of nitrogens with one attached hydrogen (secondary N) is 2. The van der Waals surface area contributed by atoms with Crippen molar-refractivity contribution in [3.8, 4) is 0 Å². The molecule has 7 heteroatoms. The van der Waals surface area contributed by atoms with Crippen molar-refractivity contribution in [1.29, 1.82) is 0 Å². The maximum atomic E-state index is 12.3. The Kier molecular flexibility index (Phi) is 6.99. The summed E-state index contributed by atoms with van der Waals surface area (Å²) < 4.78 is 0. The molecular formula is C17H20Cl2N4O. The monoisotopic (exact) mass is 366 g/mol. The van der Waals surface area contributed by atoms with Gasteiger partial charge >= 0.3 is 0 Å². The second-order valence-electron chi connectivity index (χ2n) is 5.53. The van der Waals surface area contributed by atoms with Crippen LogP contribution in [-0.4, -0.2) is 42.0 Å². The minimum atomic E-state index is -0.0249. The van der Waals surface area contributed by atoms with Gasteiger partial charge in [-0.15, -0.1) is 12.4 Å². The molecule has 3 rings (SSSR count). The normalized spacial score (nSPS) is 17.8. The van der Waals surface area contributed by atoms with Crippen LogP contribution in [0.1, 0.15) is 11.6 Å². The number of anilines is 1. The second-order valence-corrected chi connectivity index (χ2v) is 5.97. The van der Waals surface area contributed by atoms with Gasteiger partial charge < -0.3 is 10.6 Å². The summed E-state index contributed by atoms with van der Waals surface area (Å²) in [5.74, 6) is -0.0249. The maximum Gasteiger partial charge on any atom is 0.238 e. The highest BCUT2D eigenvalue weighted by molar-refractivity contribution is 6.30. The highest BCUT2D eigenvalue weighted by Crippen LogP contribution is 2.21. The van der Waals surface area contributed by atoms with Crippen LogP contribution < -0.4 is 10.6 Å². The molecule has 2 heterocycles. The quantitative estimate of drug-likeness (QED) is 0.873. The van der Waals surface area contributed by atoms with Gasteiger partial charge in [0.25, 0.3) is 0 Å². The summed E-state index contributed by atoms with van der Waals surface area (Å²) >= 11 is 5.86. The van der Waals surface area contributed by atoms with Crippen LogP contribution in [0.4, 0.5) is 5.69 Å². The number of nitrogens with zero attached hydrogens (tertiary/aromatic N) is 2. The molecule has 1 saturated heterocycles. The van der Waals surface area contributed by atoms with E-state index in [1.165, 1.54) is 0 Å². The van der Waals surface area contributed by atoms with Crippen molar-refractivity contribution in [3.63, 3.8) is 0 Å². The summed E-state index contributed by atoms with van der Waals surface area (Å²) in [6.07, 6.45) is 3.62. The summed E-state index contributed by atoms with van der Waals surface area (Å²) in [4.78, 5) is 18.7. The Labute approximate surface area is 152 Å². The highest BCUT2D eigenvalue weighted by atomic mass is 35.5. The van der Waals surface area contributed by atoms with Gasteiger partial charge in [-0.1, -0.05) is 17.7 Å². The van der Waals surface area contributed by atoms with Crippen LogP contribution in [0.25, 0.3) is 0 Å². The molecule has 1 unspecified atom stereocenters. The Hall–Kier alpha value is -1.66. The smallest absolute Gasteiger partial charge is 0.238 e. The SMILES string of the molecule is Cl.O=C(CN1CCNCC1c1cccnc1)Nc1ccc(Cl)cc1. The van der Waals surface area contributed by atoms with Crippen molar-refractivity contribution in [2.24, 2.45) is 0 Å². The standard InChI is InChI=1S/C17H19ClN4O.ClH/c18-14-3-5-15(6-4-14)21-17(23)12-22-9-8-20-11-16(22)13-2-1-7-19-10-13;/h1-7,10,16,20H,8-9,11-12H2,(H,21,23);1H. The molecule has 1 aromatic carbocycles. The summed E-state index contributed by atoms with van der Waals surface area (Å²) in [5.41, 5.74) is 1.88. The molecule has 0 radical (unpaired) electrons. The number of pyridine rings is 1. The fourth-order valence-corrected chi connectivity index (χ4v) is 2.88. The zero-order chi connectivity index (χ0) is 16.1. The van der Waals surface area contributed by atoms with Crippen molar-refractivity contribution in [1.82, 2.24) is 15.2 Å². The van der Waals surface area contributed by atoms with Gasteiger partial charge in [0, 0.05) is 48.8 Å². The molecule has 2 N–H and O–H groups in total. The first-order chi connectivity index (χ1) is 11.2. The van der Waals surface area contributed by atoms with E-state index < -0.39 is 0 Å². The van der Waals surface area contributed by atoms with E-state index in [1.54, 1.807) is 30.5 Å². The lowest BCUT2D eigenvalue weighted by Crippen LogP contribution is -2.48. The molecule has 1 fully saturated rings. The molecule has 0 saturated carbocycles. The van der Waals surface area contributed by atoms with Gasteiger partial charge in [0.15, 0.2) is 0 Å². The lowest BCUT2D eigenvalue weighted by molar-refractivity contribution is -0.118. The predicted octanol–water partition coefficient (Wildman–Crippen LogP) is 2.74. The van der Waals surface area contributed by atoms with E-state index in [9.17, 15) is 4.79 Å². The summed E-state index contributed by atoms with van der Waals surface area (Å²) in [6, 6.07) is 11.3. The Balaban J connectivity index is 0.00000208. The number of halogens is 2. The van der Waals surface area contributed by atoms with Crippen LogP contribution in [0.15, 0.2) is 48.8 Å². The van der Waals surface area contributed by atoms with Gasteiger partial charge in [0.05, 0.1) is 6.54 Å². The first-order valence-electron chi connectivity index (χ1n) is 7.62. The Morgan fingerprint density at radius 1 is 1.33 bits per heavy atom. The number of amides is 1. The fourth-order valence-electron chi connectivity index (χ4n) is 2.76. The third-order valence-electron chi connectivity index (χ3n) is 3.90. The van der Waals surface area contributed by atoms with Crippen LogP contribution in [0, 0.1) is 0 Å². The van der Waals surface area contributed by atoms with Crippen LogP contribution in [0.3, 0.4) is 0 Å². The van der Waals surface area contributed by atoms with Crippen LogP contribution in [-0.2, 0) is 4.79 Å². The number of carbonyl (C=O) groups is 1. The highest BCUT2D eigenvalue weighted by Gasteiger charge is 2.25. The summed E-state index contributed by atoms with van der Waals surface area (Å²) in [7, 11) is 0. The lowest BCUT2D eigenvalue weighted by atomic mass is 10.1. The van der Waals surface area contributed by atoms with E-state index in [-0.39, 0.29) is 24.4 Å². The Morgan fingerprint density at radius 2 is 2.12 bits per heavy atom. The van der Waals surface area contributed by atoms with Crippen molar-refractivity contribution in [3.05, 3.63) is 59.4 Å². The van der Waals surface area contributed by atoms with Crippen molar-refractivity contribution < 1.29 is 4.79 Å². The molecule has 0 bridgehead atoms. The molecule has 1 aromatic heterocycles. The zero-order valence-corrected chi connectivity index (χ0v) is 14.7. The molecule has 1 aliphatic heterocycles. The van der Waals surface area contributed by atoms with Crippen molar-refractivity contribution in [2.75, 3.05) is 31.5 Å². The minimum absolute atomic E-state index is 0. The third kappa shape index (κ3) is 4.92. The van der Waals surface area contributed by atoms with Crippen LogP contribution in [0.5, 0.6) is 0 Å². The summed E-state index contributed by atoms with van der Waals surface area (Å²) in [5, 5.41) is 6.94. The van der Waals surface area contributed by atoms with Gasteiger partial charge in [-0.25, -0.2) is 0 Å². The van der Waals surface area contributed by atoms with Crippen molar-refractivity contribution in [2.45, 2.75) is 6.04 Å². The van der Waals surface area contributed by atoms with E-state index in [4.69, 9.17) is 11.6 Å². The number of aromatic nitrogens is 1. The topological polar surface area (TPSA) is 57.3 Å². The van der Waals surface area contributed by atoms with E-state index in [0.717, 1.165) is 30.9 Å². The number of rotatable bonds is 4. The van der Waals surface area contributed by atoms with E-state index >= 15 is 0 Å². The van der Waals surface area contributed by atoms with Gasteiger partial charge in [-0.05, 0) is 35.9 Å². The maximum absolute atomic E-state index is 12.3.